The Hall–Kier alpha value is -1.92. The van der Waals surface area contributed by atoms with Crippen LogP contribution in [0.1, 0.15) is 49.0 Å². The average Bonchev–Trinajstić information content (AvgIpc) is 2.94. The molecule has 24 heavy (non-hydrogen) atoms. The zero-order chi connectivity index (χ0) is 16.9. The van der Waals surface area contributed by atoms with Crippen molar-refractivity contribution in [2.45, 2.75) is 50.6 Å². The van der Waals surface area contributed by atoms with Crippen molar-refractivity contribution in [2.24, 2.45) is 17.3 Å². The molecular weight excluding hydrogens is 313 g/mol. The van der Waals surface area contributed by atoms with Gasteiger partial charge in [-0.25, -0.2) is 4.39 Å². The molecule has 4 fully saturated rings. The van der Waals surface area contributed by atoms with E-state index in [2.05, 4.69) is 10.4 Å². The van der Waals surface area contributed by atoms with Crippen LogP contribution in [0.2, 0.25) is 0 Å². The predicted molar refractivity (Wildman–Crippen MR) is 83.2 cm³/mol. The third-order valence-electron chi connectivity index (χ3n) is 6.14. The first-order chi connectivity index (χ1) is 11.5. The monoisotopic (exact) mass is 335 g/mol. The van der Waals surface area contributed by atoms with Gasteiger partial charge in [-0.05, 0) is 56.4 Å². The Bertz CT molecular complexity index is 672. The van der Waals surface area contributed by atoms with E-state index in [1.54, 1.807) is 6.07 Å². The number of carbonyl (C=O) groups is 2. The van der Waals surface area contributed by atoms with Gasteiger partial charge in [0.2, 0.25) is 0 Å². The molecule has 1 heterocycles. The molecule has 4 aliphatic carbocycles. The molecule has 130 valence electrons. The van der Waals surface area contributed by atoms with E-state index in [1.165, 1.54) is 10.9 Å². The largest absolute Gasteiger partial charge is 0.481 e. The van der Waals surface area contributed by atoms with Crippen molar-refractivity contribution in [3.8, 4) is 0 Å². The van der Waals surface area contributed by atoms with Gasteiger partial charge >= 0.3 is 5.97 Å². The number of nitrogens with zero attached hydrogens (tertiary/aromatic N) is 2. The summed E-state index contributed by atoms with van der Waals surface area (Å²) in [6.45, 7) is -0.535. The highest BCUT2D eigenvalue weighted by atomic mass is 19.1. The zero-order valence-electron chi connectivity index (χ0n) is 13.5. The van der Waals surface area contributed by atoms with Crippen molar-refractivity contribution < 1.29 is 19.1 Å². The molecule has 4 aliphatic rings. The molecular formula is C17H22FN3O3. The molecule has 2 atom stereocenters. The van der Waals surface area contributed by atoms with Crippen molar-refractivity contribution in [3.63, 3.8) is 0 Å². The number of hydrogen-bond acceptors (Lipinski definition) is 3. The topological polar surface area (TPSA) is 84.2 Å². The van der Waals surface area contributed by atoms with Gasteiger partial charge in [-0.3, -0.25) is 14.3 Å². The minimum atomic E-state index is -0.724. The van der Waals surface area contributed by atoms with Crippen LogP contribution in [0.15, 0.2) is 12.3 Å². The van der Waals surface area contributed by atoms with Crippen LogP contribution in [0.5, 0.6) is 0 Å². The van der Waals surface area contributed by atoms with Gasteiger partial charge in [0, 0.05) is 11.7 Å². The predicted octanol–water partition coefficient (Wildman–Crippen LogP) is 2.01. The second-order valence-electron chi connectivity index (χ2n) is 7.91. The first-order valence-corrected chi connectivity index (χ1v) is 8.59. The highest BCUT2D eigenvalue weighted by Crippen LogP contribution is 2.61. The molecule has 2 N–H and O–H groups in total. The quantitative estimate of drug-likeness (QED) is 0.862. The second kappa shape index (κ2) is 5.29. The van der Waals surface area contributed by atoms with Gasteiger partial charge in [0.1, 0.15) is 12.4 Å². The summed E-state index contributed by atoms with van der Waals surface area (Å²) in [5.41, 5.74) is -0.784. The first kappa shape index (κ1) is 15.6. The first-order valence-electron chi connectivity index (χ1n) is 8.59. The van der Waals surface area contributed by atoms with Crippen LogP contribution in [0.25, 0.3) is 0 Å². The summed E-state index contributed by atoms with van der Waals surface area (Å²) in [7, 11) is 0. The van der Waals surface area contributed by atoms with E-state index in [0.29, 0.717) is 24.0 Å². The third-order valence-corrected chi connectivity index (χ3v) is 6.14. The number of alkyl halides is 1. The smallest absolute Gasteiger partial charge is 0.309 e. The Morgan fingerprint density at radius 1 is 1.33 bits per heavy atom. The number of hydrogen-bond donors (Lipinski definition) is 2. The number of carboxylic acids is 1. The van der Waals surface area contributed by atoms with Crippen LogP contribution < -0.4 is 5.32 Å². The summed E-state index contributed by atoms with van der Waals surface area (Å²) < 4.78 is 14.0. The maximum absolute atomic E-state index is 12.7. The zero-order valence-corrected chi connectivity index (χ0v) is 13.5. The maximum atomic E-state index is 12.7. The number of carbonyl (C=O) groups excluding carboxylic acids is 1. The van der Waals surface area contributed by atoms with Crippen molar-refractivity contribution in [2.75, 3.05) is 6.67 Å². The van der Waals surface area contributed by atoms with E-state index in [0.717, 1.165) is 32.1 Å². The fourth-order valence-corrected chi connectivity index (χ4v) is 5.75. The van der Waals surface area contributed by atoms with E-state index in [1.807, 2.05) is 0 Å². The summed E-state index contributed by atoms with van der Waals surface area (Å²) in [4.78, 5) is 24.6. The van der Waals surface area contributed by atoms with E-state index in [4.69, 9.17) is 0 Å². The van der Waals surface area contributed by atoms with Crippen LogP contribution in [0.4, 0.5) is 4.39 Å². The average molecular weight is 335 g/mol. The standard InChI is InChI=1S/C17H22FN3O3/c18-2-4-21-13(1-3-19-21)14(22)20-17-8-11-5-12(9-17)7-16(6-11,10-17)15(23)24/h1,3,11-12H,2,4-10H2,(H,20,22)(H,23,24). The Balaban J connectivity index is 1.59. The van der Waals surface area contributed by atoms with Crippen molar-refractivity contribution >= 4 is 11.9 Å². The normalized spacial score (nSPS) is 36.7. The lowest BCUT2D eigenvalue weighted by atomic mass is 9.47. The van der Waals surface area contributed by atoms with Crippen LogP contribution in [0.3, 0.4) is 0 Å². The number of nitrogens with one attached hydrogen (secondary N) is 1. The van der Waals surface area contributed by atoms with Gasteiger partial charge < -0.3 is 10.4 Å². The fraction of sp³-hybridized carbons (Fsp3) is 0.706. The molecule has 4 bridgehead atoms. The highest BCUT2D eigenvalue weighted by molar-refractivity contribution is 5.93. The molecule has 1 amide bonds. The van der Waals surface area contributed by atoms with Crippen molar-refractivity contribution in [1.82, 2.24) is 15.1 Å². The van der Waals surface area contributed by atoms with E-state index in [9.17, 15) is 19.1 Å². The fourth-order valence-electron chi connectivity index (χ4n) is 5.75. The van der Waals surface area contributed by atoms with Gasteiger partial charge in [-0.15, -0.1) is 0 Å². The van der Waals surface area contributed by atoms with E-state index >= 15 is 0 Å². The Morgan fingerprint density at radius 3 is 2.67 bits per heavy atom. The van der Waals surface area contributed by atoms with Crippen molar-refractivity contribution in [1.29, 1.82) is 0 Å². The molecule has 1 aromatic rings. The SMILES string of the molecule is O=C(NC12CC3CC(C1)CC(C(=O)O)(C3)C2)c1ccnn1CCF. The minimum Gasteiger partial charge on any atom is -0.481 e. The number of aryl methyl sites for hydroxylation is 1. The second-order valence-corrected chi connectivity index (χ2v) is 7.91. The molecule has 1 aromatic heterocycles. The van der Waals surface area contributed by atoms with Crippen LogP contribution in [0, 0.1) is 17.3 Å². The van der Waals surface area contributed by atoms with Crippen molar-refractivity contribution in [3.05, 3.63) is 18.0 Å². The third kappa shape index (κ3) is 2.32. The van der Waals surface area contributed by atoms with Gasteiger partial charge in [-0.1, -0.05) is 0 Å². The number of rotatable bonds is 5. The molecule has 6 nitrogen and oxygen atoms in total. The van der Waals surface area contributed by atoms with Crippen LogP contribution in [-0.4, -0.2) is 39.0 Å². The lowest BCUT2D eigenvalue weighted by Crippen LogP contribution is -2.64. The molecule has 0 radical (unpaired) electrons. The Morgan fingerprint density at radius 2 is 2.04 bits per heavy atom. The number of carboxylic acid groups (broad SMARTS) is 1. The van der Waals surface area contributed by atoms with Gasteiger partial charge in [0.05, 0.1) is 12.0 Å². The van der Waals surface area contributed by atoms with Gasteiger partial charge in [0.15, 0.2) is 0 Å². The van der Waals surface area contributed by atoms with Gasteiger partial charge in [0.25, 0.3) is 5.91 Å². The lowest BCUT2D eigenvalue weighted by Gasteiger charge is -2.60. The Labute approximate surface area is 139 Å². The van der Waals surface area contributed by atoms with Crippen LogP contribution >= 0.6 is 0 Å². The molecule has 4 saturated carbocycles. The number of aromatic nitrogens is 2. The van der Waals surface area contributed by atoms with Gasteiger partial charge in [-0.2, -0.15) is 5.10 Å². The summed E-state index contributed by atoms with van der Waals surface area (Å²) in [6, 6.07) is 1.58. The van der Waals surface area contributed by atoms with E-state index < -0.39 is 23.6 Å². The number of amides is 1. The highest BCUT2D eigenvalue weighted by Gasteiger charge is 2.61. The van der Waals surface area contributed by atoms with E-state index in [-0.39, 0.29) is 12.5 Å². The summed E-state index contributed by atoms with van der Waals surface area (Å²) in [6.07, 6.45) is 6.23. The molecule has 0 aliphatic heterocycles. The molecule has 0 saturated heterocycles. The summed E-state index contributed by atoms with van der Waals surface area (Å²) >= 11 is 0. The molecule has 2 unspecified atom stereocenters. The summed E-state index contributed by atoms with van der Waals surface area (Å²) in [5.74, 6) is -0.252. The molecule has 0 aromatic carbocycles. The Kier molecular flexibility index (Phi) is 3.44. The lowest BCUT2D eigenvalue weighted by molar-refractivity contribution is -0.167. The molecule has 0 spiro atoms. The molecule has 7 heteroatoms. The van der Waals surface area contributed by atoms with Crippen LogP contribution in [-0.2, 0) is 11.3 Å². The number of halogens is 1. The summed E-state index contributed by atoms with van der Waals surface area (Å²) in [5, 5.41) is 16.9. The maximum Gasteiger partial charge on any atom is 0.309 e. The minimum absolute atomic E-state index is 0.0487. The number of aliphatic carboxylic acids is 1. The molecule has 5 rings (SSSR count).